The molecule has 110 valence electrons. The van der Waals surface area contributed by atoms with Crippen molar-refractivity contribution in [2.24, 2.45) is 5.41 Å². The SMILES string of the molecule is CC1(C(=O)N2CCOc3c(C#N)cncc3C2)CCOC1. The summed E-state index contributed by atoms with van der Waals surface area (Å²) in [5, 5.41) is 9.11. The van der Waals surface area contributed by atoms with Crippen molar-refractivity contribution >= 4 is 5.91 Å². The van der Waals surface area contributed by atoms with E-state index < -0.39 is 5.41 Å². The molecular formula is C15H17N3O3. The number of nitriles is 1. The van der Waals surface area contributed by atoms with Crippen molar-refractivity contribution in [1.82, 2.24) is 9.88 Å². The Hall–Kier alpha value is -2.13. The van der Waals surface area contributed by atoms with Gasteiger partial charge in [0.15, 0.2) is 0 Å². The maximum atomic E-state index is 12.7. The van der Waals surface area contributed by atoms with Gasteiger partial charge in [0.05, 0.1) is 25.1 Å². The smallest absolute Gasteiger partial charge is 0.231 e. The molecule has 3 rings (SSSR count). The molecule has 0 aliphatic carbocycles. The van der Waals surface area contributed by atoms with Gasteiger partial charge >= 0.3 is 0 Å². The van der Waals surface area contributed by atoms with Crippen molar-refractivity contribution in [3.8, 4) is 11.8 Å². The largest absolute Gasteiger partial charge is 0.490 e. The van der Waals surface area contributed by atoms with Gasteiger partial charge in [-0.15, -0.1) is 0 Å². The molecule has 2 aliphatic rings. The fourth-order valence-electron chi connectivity index (χ4n) is 2.79. The third-order valence-electron chi connectivity index (χ3n) is 4.08. The topological polar surface area (TPSA) is 75.5 Å². The molecule has 1 atom stereocenters. The number of nitrogens with zero attached hydrogens (tertiary/aromatic N) is 3. The van der Waals surface area contributed by atoms with Crippen molar-refractivity contribution in [2.45, 2.75) is 19.9 Å². The average molecular weight is 287 g/mol. The number of fused-ring (bicyclic) bond motifs is 1. The van der Waals surface area contributed by atoms with Crippen molar-refractivity contribution in [3.05, 3.63) is 23.5 Å². The van der Waals surface area contributed by atoms with Crippen LogP contribution in [0.1, 0.15) is 24.5 Å². The minimum Gasteiger partial charge on any atom is -0.490 e. The van der Waals surface area contributed by atoms with Gasteiger partial charge in [0.25, 0.3) is 0 Å². The molecule has 21 heavy (non-hydrogen) atoms. The summed E-state index contributed by atoms with van der Waals surface area (Å²) in [4.78, 5) is 18.6. The molecule has 0 spiro atoms. The summed E-state index contributed by atoms with van der Waals surface area (Å²) in [6.07, 6.45) is 3.89. The molecule has 0 N–H and O–H groups in total. The van der Waals surface area contributed by atoms with Gasteiger partial charge in [0.2, 0.25) is 5.91 Å². The van der Waals surface area contributed by atoms with Crippen LogP contribution >= 0.6 is 0 Å². The lowest BCUT2D eigenvalue weighted by atomic mass is 9.88. The number of pyridine rings is 1. The molecule has 1 saturated heterocycles. The molecule has 2 aliphatic heterocycles. The lowest BCUT2D eigenvalue weighted by molar-refractivity contribution is -0.142. The van der Waals surface area contributed by atoms with Gasteiger partial charge in [-0.1, -0.05) is 0 Å². The van der Waals surface area contributed by atoms with Crippen molar-refractivity contribution < 1.29 is 14.3 Å². The molecule has 1 fully saturated rings. The number of rotatable bonds is 1. The molecule has 0 saturated carbocycles. The molecule has 1 unspecified atom stereocenters. The summed E-state index contributed by atoms with van der Waals surface area (Å²) < 4.78 is 11.0. The Kier molecular flexibility index (Phi) is 3.52. The number of carbonyl (C=O) groups excluding carboxylic acids is 1. The van der Waals surface area contributed by atoms with Crippen molar-refractivity contribution in [2.75, 3.05) is 26.4 Å². The van der Waals surface area contributed by atoms with Crippen LogP contribution in [-0.4, -0.2) is 42.2 Å². The van der Waals surface area contributed by atoms with E-state index in [0.717, 1.165) is 12.0 Å². The number of carbonyl (C=O) groups is 1. The van der Waals surface area contributed by atoms with Gasteiger partial charge in [-0.05, 0) is 13.3 Å². The average Bonchev–Trinajstić information content (AvgIpc) is 2.83. The Morgan fingerprint density at radius 1 is 1.48 bits per heavy atom. The van der Waals surface area contributed by atoms with Crippen molar-refractivity contribution in [3.63, 3.8) is 0 Å². The summed E-state index contributed by atoms with van der Waals surface area (Å²) in [5.74, 6) is 0.634. The minimum absolute atomic E-state index is 0.0822. The first-order valence-corrected chi connectivity index (χ1v) is 7.01. The van der Waals surface area contributed by atoms with Crippen LogP contribution in [-0.2, 0) is 16.1 Å². The summed E-state index contributed by atoms with van der Waals surface area (Å²) in [7, 11) is 0. The highest BCUT2D eigenvalue weighted by molar-refractivity contribution is 5.83. The maximum absolute atomic E-state index is 12.7. The van der Waals surface area contributed by atoms with Gasteiger partial charge in [-0.25, -0.2) is 0 Å². The Morgan fingerprint density at radius 2 is 2.33 bits per heavy atom. The molecule has 0 aromatic carbocycles. The van der Waals surface area contributed by atoms with Crippen LogP contribution in [0.4, 0.5) is 0 Å². The van der Waals surface area contributed by atoms with Gasteiger partial charge in [0, 0.05) is 24.6 Å². The first-order valence-electron chi connectivity index (χ1n) is 7.01. The Morgan fingerprint density at radius 3 is 3.05 bits per heavy atom. The standard InChI is InChI=1S/C15H17N3O3/c1-15(2-4-20-10-15)14(19)18-3-5-21-13-11(6-16)7-17-8-12(13)9-18/h7-8H,2-5,9-10H2,1H3. The molecule has 3 heterocycles. The maximum Gasteiger partial charge on any atom is 0.231 e. The second-order valence-electron chi connectivity index (χ2n) is 5.73. The van der Waals surface area contributed by atoms with E-state index in [1.54, 1.807) is 11.1 Å². The first kappa shape index (κ1) is 13.8. The highest BCUT2D eigenvalue weighted by Crippen LogP contribution is 2.33. The van der Waals surface area contributed by atoms with Crippen LogP contribution < -0.4 is 4.74 Å². The number of hydrogen-bond acceptors (Lipinski definition) is 5. The Labute approximate surface area is 123 Å². The van der Waals surface area contributed by atoms with Crippen molar-refractivity contribution in [1.29, 1.82) is 5.26 Å². The van der Waals surface area contributed by atoms with Gasteiger partial charge < -0.3 is 14.4 Å². The van der Waals surface area contributed by atoms with Crippen LogP contribution in [0.5, 0.6) is 5.75 Å². The third kappa shape index (κ3) is 2.45. The zero-order valence-corrected chi connectivity index (χ0v) is 12.0. The molecular weight excluding hydrogens is 270 g/mol. The fourth-order valence-corrected chi connectivity index (χ4v) is 2.79. The number of aromatic nitrogens is 1. The summed E-state index contributed by atoms with van der Waals surface area (Å²) in [6.45, 7) is 4.35. The van der Waals surface area contributed by atoms with E-state index in [2.05, 4.69) is 11.1 Å². The zero-order valence-electron chi connectivity index (χ0n) is 12.0. The van der Waals surface area contributed by atoms with E-state index in [4.69, 9.17) is 14.7 Å². The summed E-state index contributed by atoms with van der Waals surface area (Å²) in [6, 6.07) is 2.08. The zero-order chi connectivity index (χ0) is 14.9. The van der Waals surface area contributed by atoms with E-state index in [1.165, 1.54) is 6.20 Å². The van der Waals surface area contributed by atoms with Gasteiger partial charge in [-0.2, -0.15) is 5.26 Å². The van der Waals surface area contributed by atoms with Gasteiger partial charge in [0.1, 0.15) is 24.0 Å². The predicted molar refractivity (Wildman–Crippen MR) is 73.4 cm³/mol. The minimum atomic E-state index is -0.454. The quantitative estimate of drug-likeness (QED) is 0.773. The molecule has 0 bridgehead atoms. The number of amides is 1. The highest BCUT2D eigenvalue weighted by Gasteiger charge is 2.40. The molecule has 6 heteroatoms. The molecule has 0 radical (unpaired) electrons. The van der Waals surface area contributed by atoms with E-state index in [0.29, 0.717) is 44.2 Å². The predicted octanol–water partition coefficient (Wildman–Crippen LogP) is 1.10. The molecule has 1 aromatic rings. The lowest BCUT2D eigenvalue weighted by Crippen LogP contribution is -2.43. The number of ether oxygens (including phenoxy) is 2. The first-order chi connectivity index (χ1) is 10.1. The summed E-state index contributed by atoms with van der Waals surface area (Å²) >= 11 is 0. The molecule has 6 nitrogen and oxygen atoms in total. The second kappa shape index (κ2) is 5.34. The fraction of sp³-hybridized carbons (Fsp3) is 0.533. The summed E-state index contributed by atoms with van der Waals surface area (Å²) in [5.41, 5.74) is 0.740. The number of hydrogen-bond donors (Lipinski definition) is 0. The Balaban J connectivity index is 1.86. The van der Waals surface area contributed by atoms with Gasteiger partial charge in [-0.3, -0.25) is 9.78 Å². The monoisotopic (exact) mass is 287 g/mol. The van der Waals surface area contributed by atoms with Crippen LogP contribution in [0.2, 0.25) is 0 Å². The third-order valence-corrected chi connectivity index (χ3v) is 4.08. The second-order valence-corrected chi connectivity index (χ2v) is 5.73. The van der Waals surface area contributed by atoms with Crippen LogP contribution in [0.15, 0.2) is 12.4 Å². The van der Waals surface area contributed by atoms with E-state index >= 15 is 0 Å². The Bertz CT molecular complexity index is 603. The normalized spacial score (nSPS) is 24.7. The van der Waals surface area contributed by atoms with Crippen LogP contribution in [0.3, 0.4) is 0 Å². The van der Waals surface area contributed by atoms with E-state index in [9.17, 15) is 4.79 Å². The molecule has 1 aromatic heterocycles. The van der Waals surface area contributed by atoms with Crippen LogP contribution in [0.25, 0.3) is 0 Å². The van der Waals surface area contributed by atoms with E-state index in [1.807, 2.05) is 6.92 Å². The highest BCUT2D eigenvalue weighted by atomic mass is 16.5. The lowest BCUT2D eigenvalue weighted by Gasteiger charge is -2.29. The molecule has 1 amide bonds. The van der Waals surface area contributed by atoms with E-state index in [-0.39, 0.29) is 5.91 Å². The van der Waals surface area contributed by atoms with Crippen LogP contribution in [0, 0.1) is 16.7 Å².